The molecule has 8 heteroatoms. The van der Waals surface area contributed by atoms with Gasteiger partial charge in [-0.25, -0.2) is 0 Å². The number of rotatable bonds is 13. The fourth-order valence-corrected chi connectivity index (χ4v) is 2.71. The fraction of sp³-hybridized carbons (Fsp3) is 0.423. The zero-order valence-corrected chi connectivity index (χ0v) is 20.4. The van der Waals surface area contributed by atoms with E-state index in [1.807, 2.05) is 43.3 Å². The number of anilines is 1. The molecule has 0 saturated heterocycles. The molecule has 0 saturated carbocycles. The molecule has 4 N–H and O–H groups in total. The zero-order valence-electron chi connectivity index (χ0n) is 20.4. The standard InChI is InChI=1S/C23H29N3O5.C3H8/c1-2-21(27)19-5-3-17(4-6-19)18-7-9-20(10-8-18)26-23(29)16-31-14-13-30-15-22(28)25-12-11-24;1-3-2/h3-10H,2,11-16,24H2,1H3,(H,25,28)(H,26,29);3H2,1-2H3. The summed E-state index contributed by atoms with van der Waals surface area (Å²) in [6.07, 6.45) is 1.73. The van der Waals surface area contributed by atoms with Crippen LogP contribution in [0.5, 0.6) is 0 Å². The average Bonchev–Trinajstić information content (AvgIpc) is 2.85. The first-order chi connectivity index (χ1) is 16.4. The van der Waals surface area contributed by atoms with Crippen molar-refractivity contribution in [2.75, 3.05) is 44.8 Å². The van der Waals surface area contributed by atoms with Gasteiger partial charge in [-0.2, -0.15) is 0 Å². The van der Waals surface area contributed by atoms with Crippen LogP contribution >= 0.6 is 0 Å². The van der Waals surface area contributed by atoms with Crippen LogP contribution in [0.3, 0.4) is 0 Å². The predicted octanol–water partition coefficient (Wildman–Crippen LogP) is 3.41. The Kier molecular flexibility index (Phi) is 14.8. The SMILES string of the molecule is CCC.CCC(=O)c1ccc(-c2ccc(NC(=O)COCCOCC(=O)NCCN)cc2)cc1. The van der Waals surface area contributed by atoms with Crippen molar-refractivity contribution in [3.8, 4) is 11.1 Å². The van der Waals surface area contributed by atoms with Gasteiger partial charge in [-0.15, -0.1) is 0 Å². The molecule has 0 unspecified atom stereocenters. The van der Waals surface area contributed by atoms with Gasteiger partial charge >= 0.3 is 0 Å². The van der Waals surface area contributed by atoms with Crippen LogP contribution in [0, 0.1) is 0 Å². The molecule has 0 aliphatic rings. The number of ether oxygens (including phenoxy) is 2. The molecule has 2 aromatic rings. The van der Waals surface area contributed by atoms with E-state index in [9.17, 15) is 14.4 Å². The van der Waals surface area contributed by atoms with Crippen LogP contribution in [0.25, 0.3) is 11.1 Å². The molecule has 0 heterocycles. The summed E-state index contributed by atoms with van der Waals surface area (Å²) in [5.74, 6) is -0.403. The Morgan fingerprint density at radius 3 is 1.79 bits per heavy atom. The number of hydrogen-bond acceptors (Lipinski definition) is 6. The van der Waals surface area contributed by atoms with Crippen LogP contribution in [-0.4, -0.2) is 57.1 Å². The van der Waals surface area contributed by atoms with Gasteiger partial charge in [0.15, 0.2) is 5.78 Å². The lowest BCUT2D eigenvalue weighted by Crippen LogP contribution is -2.32. The van der Waals surface area contributed by atoms with Crippen LogP contribution in [0.15, 0.2) is 48.5 Å². The summed E-state index contributed by atoms with van der Waals surface area (Å²) in [5, 5.41) is 5.34. The van der Waals surface area contributed by atoms with E-state index in [0.717, 1.165) is 11.1 Å². The van der Waals surface area contributed by atoms with Gasteiger partial charge in [0.1, 0.15) is 13.2 Å². The first-order valence-electron chi connectivity index (χ1n) is 11.6. The Bertz CT molecular complexity index is 867. The third kappa shape index (κ3) is 11.7. The topological polar surface area (TPSA) is 120 Å². The highest BCUT2D eigenvalue weighted by atomic mass is 16.5. The number of carbonyl (C=O) groups excluding carboxylic acids is 3. The van der Waals surface area contributed by atoms with Gasteiger partial charge in [-0.1, -0.05) is 63.6 Å². The minimum atomic E-state index is -0.282. The van der Waals surface area contributed by atoms with Crippen molar-refractivity contribution >= 4 is 23.3 Å². The number of hydrogen-bond donors (Lipinski definition) is 3. The molecule has 0 atom stereocenters. The molecular weight excluding hydrogens is 434 g/mol. The number of nitrogens with one attached hydrogen (secondary N) is 2. The van der Waals surface area contributed by atoms with Crippen molar-refractivity contribution in [1.82, 2.24) is 5.32 Å². The quantitative estimate of drug-likeness (QED) is 0.304. The molecule has 0 fully saturated rings. The molecule has 0 aromatic heterocycles. The molecule has 0 bridgehead atoms. The summed E-state index contributed by atoms with van der Waals surface area (Å²) < 4.78 is 10.4. The first kappa shape index (κ1) is 29.0. The minimum Gasteiger partial charge on any atom is -0.369 e. The van der Waals surface area contributed by atoms with Gasteiger partial charge in [0.25, 0.3) is 0 Å². The Labute approximate surface area is 202 Å². The third-order valence-electron chi connectivity index (χ3n) is 4.33. The number of ketones is 1. The van der Waals surface area contributed by atoms with E-state index in [1.54, 1.807) is 12.1 Å². The number of Topliss-reactive ketones (excluding diaryl/α,β-unsaturated/α-hetero) is 1. The maximum absolute atomic E-state index is 12.0. The van der Waals surface area contributed by atoms with Crippen molar-refractivity contribution in [3.05, 3.63) is 54.1 Å². The Balaban J connectivity index is 0.00000182. The van der Waals surface area contributed by atoms with E-state index in [1.165, 1.54) is 6.42 Å². The highest BCUT2D eigenvalue weighted by Crippen LogP contribution is 2.22. The Hall–Kier alpha value is -3.07. The molecule has 0 aliphatic carbocycles. The molecular formula is C26H37N3O5. The Morgan fingerprint density at radius 1 is 0.794 bits per heavy atom. The molecule has 2 rings (SSSR count). The predicted molar refractivity (Wildman–Crippen MR) is 135 cm³/mol. The monoisotopic (exact) mass is 471 g/mol. The minimum absolute atomic E-state index is 0.0699. The molecule has 0 aliphatic heterocycles. The van der Waals surface area contributed by atoms with E-state index in [-0.39, 0.29) is 44.0 Å². The maximum Gasteiger partial charge on any atom is 0.250 e. The van der Waals surface area contributed by atoms with Crippen molar-refractivity contribution in [2.24, 2.45) is 5.73 Å². The Morgan fingerprint density at radius 2 is 1.29 bits per heavy atom. The first-order valence-corrected chi connectivity index (χ1v) is 11.6. The molecule has 186 valence electrons. The lowest BCUT2D eigenvalue weighted by Gasteiger charge is -2.08. The van der Waals surface area contributed by atoms with E-state index < -0.39 is 0 Å². The lowest BCUT2D eigenvalue weighted by molar-refractivity contribution is -0.127. The highest BCUT2D eigenvalue weighted by Gasteiger charge is 2.06. The van der Waals surface area contributed by atoms with Crippen molar-refractivity contribution in [3.63, 3.8) is 0 Å². The van der Waals surface area contributed by atoms with Crippen molar-refractivity contribution < 1.29 is 23.9 Å². The van der Waals surface area contributed by atoms with Gasteiger partial charge in [0, 0.05) is 30.8 Å². The summed E-state index contributed by atoms with van der Waals surface area (Å²) in [4.78, 5) is 35.0. The number of carbonyl (C=O) groups is 3. The molecule has 2 aromatic carbocycles. The average molecular weight is 472 g/mol. The smallest absolute Gasteiger partial charge is 0.250 e. The van der Waals surface area contributed by atoms with Crippen molar-refractivity contribution in [1.29, 1.82) is 0 Å². The number of amides is 2. The van der Waals surface area contributed by atoms with Gasteiger partial charge in [-0.05, 0) is 23.3 Å². The number of benzene rings is 2. The third-order valence-corrected chi connectivity index (χ3v) is 4.33. The van der Waals surface area contributed by atoms with Crippen LogP contribution in [0.4, 0.5) is 5.69 Å². The van der Waals surface area contributed by atoms with Gasteiger partial charge in [-0.3, -0.25) is 14.4 Å². The second-order valence-corrected chi connectivity index (χ2v) is 7.43. The van der Waals surface area contributed by atoms with Crippen LogP contribution < -0.4 is 16.4 Å². The summed E-state index contributed by atoms with van der Waals surface area (Å²) in [6.45, 7) is 7.10. The largest absolute Gasteiger partial charge is 0.369 e. The lowest BCUT2D eigenvalue weighted by atomic mass is 10.0. The number of nitrogens with two attached hydrogens (primary N) is 1. The van der Waals surface area contributed by atoms with E-state index in [4.69, 9.17) is 15.2 Å². The van der Waals surface area contributed by atoms with E-state index in [2.05, 4.69) is 24.5 Å². The molecule has 34 heavy (non-hydrogen) atoms. The summed E-state index contributed by atoms with van der Waals surface area (Å²) in [5.41, 5.74) is 8.62. The summed E-state index contributed by atoms with van der Waals surface area (Å²) in [7, 11) is 0. The second-order valence-electron chi connectivity index (χ2n) is 7.43. The van der Waals surface area contributed by atoms with Crippen LogP contribution in [0.2, 0.25) is 0 Å². The second kappa shape index (κ2) is 17.4. The molecule has 8 nitrogen and oxygen atoms in total. The van der Waals surface area contributed by atoms with E-state index >= 15 is 0 Å². The van der Waals surface area contributed by atoms with Gasteiger partial charge < -0.3 is 25.8 Å². The van der Waals surface area contributed by atoms with Crippen LogP contribution in [0.1, 0.15) is 44.0 Å². The molecule has 2 amide bonds. The zero-order chi connectivity index (χ0) is 25.2. The summed E-state index contributed by atoms with van der Waals surface area (Å²) in [6, 6.07) is 14.9. The highest BCUT2D eigenvalue weighted by molar-refractivity contribution is 5.96. The normalized spacial score (nSPS) is 10.1. The molecule has 0 spiro atoms. The maximum atomic E-state index is 12.0. The molecule has 0 radical (unpaired) electrons. The fourth-order valence-electron chi connectivity index (χ4n) is 2.71. The van der Waals surface area contributed by atoms with E-state index in [0.29, 0.717) is 30.8 Å². The van der Waals surface area contributed by atoms with Gasteiger partial charge in [0.05, 0.1) is 13.2 Å². The van der Waals surface area contributed by atoms with Gasteiger partial charge in [0.2, 0.25) is 11.8 Å². The van der Waals surface area contributed by atoms with Crippen molar-refractivity contribution in [2.45, 2.75) is 33.6 Å². The summed E-state index contributed by atoms with van der Waals surface area (Å²) >= 11 is 0. The van der Waals surface area contributed by atoms with Crippen LogP contribution in [-0.2, 0) is 19.1 Å².